The Bertz CT molecular complexity index is 1130. The van der Waals surface area contributed by atoms with Crippen LogP contribution in [-0.2, 0) is 30.3 Å². The van der Waals surface area contributed by atoms with Gasteiger partial charge in [-0.15, -0.1) is 0 Å². The molecule has 148 valence electrons. The number of halogens is 1. The monoisotopic (exact) mass is 483 g/mol. The number of nitrogens with zero attached hydrogens (tertiary/aromatic N) is 2. The van der Waals surface area contributed by atoms with Crippen LogP contribution >= 0.6 is 27.3 Å². The van der Waals surface area contributed by atoms with Crippen molar-refractivity contribution in [1.29, 1.82) is 0 Å². The minimum Gasteiger partial charge on any atom is -0.468 e. The van der Waals surface area contributed by atoms with E-state index >= 15 is 0 Å². The molecule has 28 heavy (non-hydrogen) atoms. The van der Waals surface area contributed by atoms with Gasteiger partial charge < -0.3 is 4.74 Å². The Morgan fingerprint density at radius 1 is 1.36 bits per heavy atom. The molecule has 2 heterocycles. The molecule has 2 aromatic heterocycles. The molecule has 2 atom stereocenters. The van der Waals surface area contributed by atoms with E-state index in [1.54, 1.807) is 10.6 Å². The summed E-state index contributed by atoms with van der Waals surface area (Å²) in [6.07, 6.45) is 3.60. The number of rotatable bonds is 6. The van der Waals surface area contributed by atoms with E-state index < -0.39 is 26.9 Å². The molecule has 1 aromatic carbocycles. The van der Waals surface area contributed by atoms with Crippen LogP contribution in [0.4, 0.5) is 0 Å². The highest BCUT2D eigenvalue weighted by molar-refractivity contribution is 9.08. The van der Waals surface area contributed by atoms with Gasteiger partial charge in [0, 0.05) is 23.1 Å². The SMILES string of the molecule is COC(=O)[C@]1(NS(=O)(=O)c2cn3cc(CBr)nc3s2)C[C@]1(C)c1ccccc1. The number of methoxy groups -OCH3 is 1. The van der Waals surface area contributed by atoms with Gasteiger partial charge in [0.15, 0.2) is 9.17 Å². The van der Waals surface area contributed by atoms with Gasteiger partial charge in [0.2, 0.25) is 0 Å². The van der Waals surface area contributed by atoms with Gasteiger partial charge in [-0.05, 0) is 12.0 Å². The lowest BCUT2D eigenvalue weighted by Gasteiger charge is -2.22. The summed E-state index contributed by atoms with van der Waals surface area (Å²) in [4.78, 5) is 17.6. The van der Waals surface area contributed by atoms with E-state index in [0.717, 1.165) is 22.6 Å². The summed E-state index contributed by atoms with van der Waals surface area (Å²) in [6, 6.07) is 9.39. The normalized spacial score (nSPS) is 24.4. The highest BCUT2D eigenvalue weighted by Gasteiger charge is 2.72. The number of carbonyl (C=O) groups excluding carboxylic acids is 1. The van der Waals surface area contributed by atoms with Crippen molar-refractivity contribution < 1.29 is 17.9 Å². The summed E-state index contributed by atoms with van der Waals surface area (Å²) in [5, 5.41) is 0.586. The van der Waals surface area contributed by atoms with E-state index in [1.807, 2.05) is 37.3 Å². The molecule has 0 spiro atoms. The fourth-order valence-corrected chi connectivity index (χ4v) is 6.56. The number of thiazole rings is 1. The van der Waals surface area contributed by atoms with Crippen LogP contribution < -0.4 is 4.72 Å². The predicted molar refractivity (Wildman–Crippen MR) is 109 cm³/mol. The Kier molecular flexibility index (Phi) is 4.65. The summed E-state index contributed by atoms with van der Waals surface area (Å²) in [6.45, 7) is 1.87. The number of ether oxygens (including phenoxy) is 1. The maximum atomic E-state index is 13.1. The van der Waals surface area contributed by atoms with Crippen molar-refractivity contribution >= 4 is 48.2 Å². The number of hydrogen-bond donors (Lipinski definition) is 1. The summed E-state index contributed by atoms with van der Waals surface area (Å²) in [5.41, 5.74) is -0.330. The number of carbonyl (C=O) groups is 1. The smallest absolute Gasteiger partial charge is 0.328 e. The lowest BCUT2D eigenvalue weighted by molar-refractivity contribution is -0.144. The molecule has 7 nitrogen and oxygen atoms in total. The van der Waals surface area contributed by atoms with Gasteiger partial charge in [0.1, 0.15) is 5.54 Å². The number of nitrogens with one attached hydrogen (secondary N) is 1. The number of sulfonamides is 1. The van der Waals surface area contributed by atoms with Crippen molar-refractivity contribution in [3.05, 3.63) is 54.0 Å². The summed E-state index contributed by atoms with van der Waals surface area (Å²) >= 11 is 4.38. The highest BCUT2D eigenvalue weighted by Crippen LogP contribution is 2.58. The van der Waals surface area contributed by atoms with E-state index in [0.29, 0.717) is 16.7 Å². The van der Waals surface area contributed by atoms with Crippen molar-refractivity contribution in [1.82, 2.24) is 14.1 Å². The predicted octanol–water partition coefficient (Wildman–Crippen LogP) is 2.84. The summed E-state index contributed by atoms with van der Waals surface area (Å²) in [5.74, 6) is -0.592. The maximum Gasteiger partial charge on any atom is 0.328 e. The van der Waals surface area contributed by atoms with Crippen LogP contribution in [-0.4, -0.2) is 36.4 Å². The third-order valence-electron chi connectivity index (χ3n) is 5.28. The first kappa shape index (κ1) is 19.6. The molecule has 1 N–H and O–H groups in total. The second-order valence-electron chi connectivity index (χ2n) is 6.98. The fraction of sp³-hybridized carbons (Fsp3) is 0.333. The maximum absolute atomic E-state index is 13.1. The number of imidazole rings is 1. The second kappa shape index (κ2) is 6.65. The molecule has 10 heteroatoms. The zero-order chi connectivity index (χ0) is 20.2. The second-order valence-corrected chi connectivity index (χ2v) is 10.5. The molecule has 1 aliphatic rings. The highest BCUT2D eigenvalue weighted by atomic mass is 79.9. The number of esters is 1. The van der Waals surface area contributed by atoms with Crippen LogP contribution in [0.5, 0.6) is 0 Å². The summed E-state index contributed by atoms with van der Waals surface area (Å²) in [7, 11) is -2.68. The Hall–Kier alpha value is -1.75. The zero-order valence-corrected chi connectivity index (χ0v) is 18.4. The average Bonchev–Trinajstić information content (AvgIpc) is 2.99. The molecule has 1 aliphatic carbocycles. The van der Waals surface area contributed by atoms with Gasteiger partial charge in [-0.3, -0.25) is 4.40 Å². The standard InChI is InChI=1S/C18H18BrN3O4S2/c1-17(12-6-4-3-5-7-12)11-18(17,15(23)26-2)21-28(24,25)14-10-22-9-13(8-19)20-16(22)27-14/h3-7,9-10,21H,8,11H2,1-2H3/t17-,18-/m1/s1. The van der Waals surface area contributed by atoms with Gasteiger partial charge in [0.05, 0.1) is 12.8 Å². The van der Waals surface area contributed by atoms with Crippen LogP contribution in [0.3, 0.4) is 0 Å². The first-order valence-corrected chi connectivity index (χ1v) is 11.9. The molecule has 3 aromatic rings. The van der Waals surface area contributed by atoms with E-state index in [2.05, 4.69) is 25.6 Å². The molecule has 0 aliphatic heterocycles. The lowest BCUT2D eigenvalue weighted by Crippen LogP contribution is -2.48. The van der Waals surface area contributed by atoms with Crippen LogP contribution in [0.1, 0.15) is 24.6 Å². The van der Waals surface area contributed by atoms with Gasteiger partial charge in [0.25, 0.3) is 10.0 Å². The van der Waals surface area contributed by atoms with E-state index in [1.165, 1.54) is 13.3 Å². The van der Waals surface area contributed by atoms with Gasteiger partial charge in [-0.2, -0.15) is 4.72 Å². The number of alkyl halides is 1. The quantitative estimate of drug-likeness (QED) is 0.430. The number of fused-ring (bicyclic) bond motifs is 1. The van der Waals surface area contributed by atoms with Gasteiger partial charge in [-0.25, -0.2) is 18.2 Å². The minimum atomic E-state index is -3.95. The van der Waals surface area contributed by atoms with Crippen molar-refractivity contribution in [2.45, 2.75) is 33.8 Å². The number of aromatic nitrogens is 2. The average molecular weight is 484 g/mol. The largest absolute Gasteiger partial charge is 0.468 e. The molecular formula is C18H18BrN3O4S2. The van der Waals surface area contributed by atoms with Crippen LogP contribution in [0.25, 0.3) is 4.96 Å². The molecule has 1 fully saturated rings. The topological polar surface area (TPSA) is 89.8 Å². The first-order chi connectivity index (χ1) is 13.3. The van der Waals surface area contributed by atoms with Crippen molar-refractivity contribution in [3.8, 4) is 0 Å². The van der Waals surface area contributed by atoms with Crippen molar-refractivity contribution in [2.75, 3.05) is 7.11 Å². The van der Waals surface area contributed by atoms with E-state index in [9.17, 15) is 13.2 Å². The Morgan fingerprint density at radius 3 is 2.68 bits per heavy atom. The fourth-order valence-electron chi connectivity index (χ4n) is 3.59. The third-order valence-corrected chi connectivity index (χ3v) is 8.80. The molecule has 4 rings (SSSR count). The number of hydrogen-bond acceptors (Lipinski definition) is 6. The van der Waals surface area contributed by atoms with Crippen molar-refractivity contribution in [3.63, 3.8) is 0 Å². The molecular weight excluding hydrogens is 466 g/mol. The van der Waals surface area contributed by atoms with Gasteiger partial charge >= 0.3 is 5.97 Å². The Morgan fingerprint density at radius 2 is 2.07 bits per heavy atom. The molecule has 0 amide bonds. The Labute approximate surface area is 174 Å². The van der Waals surface area contributed by atoms with Crippen LogP contribution in [0.2, 0.25) is 0 Å². The van der Waals surface area contributed by atoms with E-state index in [-0.39, 0.29) is 4.21 Å². The summed E-state index contributed by atoms with van der Waals surface area (Å²) < 4.78 is 35.6. The lowest BCUT2D eigenvalue weighted by atomic mass is 9.93. The van der Waals surface area contributed by atoms with E-state index in [4.69, 9.17) is 4.74 Å². The number of benzene rings is 1. The first-order valence-electron chi connectivity index (χ1n) is 8.47. The molecule has 0 saturated heterocycles. The zero-order valence-electron chi connectivity index (χ0n) is 15.2. The molecule has 0 radical (unpaired) electrons. The molecule has 1 saturated carbocycles. The minimum absolute atomic E-state index is 0.0988. The van der Waals surface area contributed by atoms with Crippen molar-refractivity contribution in [2.24, 2.45) is 0 Å². The molecule has 0 unspecified atom stereocenters. The van der Waals surface area contributed by atoms with Crippen LogP contribution in [0, 0.1) is 0 Å². The van der Waals surface area contributed by atoms with Crippen LogP contribution in [0.15, 0.2) is 46.9 Å². The van der Waals surface area contributed by atoms with Gasteiger partial charge in [-0.1, -0.05) is 64.5 Å². The molecule has 0 bridgehead atoms. The Balaban J connectivity index is 1.70. The third kappa shape index (κ3) is 2.90.